The maximum atomic E-state index is 13.2. The van der Waals surface area contributed by atoms with E-state index in [2.05, 4.69) is 22.5 Å². The van der Waals surface area contributed by atoms with Gasteiger partial charge in [0, 0.05) is 23.7 Å². The number of phenolic OH excluding ortho intramolecular Hbond substituents is 1. The number of fused-ring (bicyclic) bond motifs is 4. The third-order valence-corrected chi connectivity index (χ3v) is 7.13. The predicted molar refractivity (Wildman–Crippen MR) is 126 cm³/mol. The molecule has 3 saturated heterocycles. The Labute approximate surface area is 193 Å². The van der Waals surface area contributed by atoms with Crippen LogP contribution in [0.1, 0.15) is 34.9 Å². The largest absolute Gasteiger partial charge is 0.508 e. The summed E-state index contributed by atoms with van der Waals surface area (Å²) in [5, 5.41) is 10.5. The fourth-order valence-electron chi connectivity index (χ4n) is 5.34. The summed E-state index contributed by atoms with van der Waals surface area (Å²) in [6.45, 7) is 5.95. The number of nitrogens with zero attached hydrogens (tertiary/aromatic N) is 2. The average molecular weight is 445 g/mol. The Balaban J connectivity index is 1.56. The monoisotopic (exact) mass is 444 g/mol. The number of methoxy groups -OCH3 is 1. The summed E-state index contributed by atoms with van der Waals surface area (Å²) >= 11 is 0. The van der Waals surface area contributed by atoms with Gasteiger partial charge in [-0.25, -0.2) is 4.79 Å². The van der Waals surface area contributed by atoms with Crippen molar-refractivity contribution in [2.75, 3.05) is 20.2 Å². The molecular formula is C27H28N2O4. The topological polar surface area (TPSA) is 71.9 Å². The van der Waals surface area contributed by atoms with Gasteiger partial charge in [-0.15, -0.1) is 6.58 Å². The number of esters is 1. The van der Waals surface area contributed by atoms with Crippen molar-refractivity contribution in [3.05, 3.63) is 78.5 Å². The second-order valence-electron chi connectivity index (χ2n) is 8.90. The van der Waals surface area contributed by atoms with E-state index in [4.69, 9.17) is 9.47 Å². The molecule has 2 aromatic carbocycles. The summed E-state index contributed by atoms with van der Waals surface area (Å²) < 4.78 is 11.7. The first-order chi connectivity index (χ1) is 16.1. The second-order valence-corrected chi connectivity index (χ2v) is 8.90. The van der Waals surface area contributed by atoms with E-state index in [-0.39, 0.29) is 11.8 Å². The van der Waals surface area contributed by atoms with Crippen molar-refractivity contribution in [1.29, 1.82) is 0 Å². The summed E-state index contributed by atoms with van der Waals surface area (Å²) in [5.41, 5.74) is 2.17. The van der Waals surface area contributed by atoms with Crippen LogP contribution in [0.2, 0.25) is 0 Å². The highest BCUT2D eigenvalue weighted by Crippen LogP contribution is 2.44. The van der Waals surface area contributed by atoms with Crippen LogP contribution in [0.15, 0.2) is 67.4 Å². The number of rotatable bonds is 6. The minimum absolute atomic E-state index is 0.0674. The van der Waals surface area contributed by atoms with E-state index in [1.54, 1.807) is 25.4 Å². The SMILES string of the molecule is C=C[C@H]1CN2CCC1C[C@H]2[C@H](OC(=O)c1ccc(O)cc1)c1ccnc2ccc(OC)cc12. The van der Waals surface area contributed by atoms with Crippen LogP contribution in [0.25, 0.3) is 10.9 Å². The maximum absolute atomic E-state index is 13.2. The Kier molecular flexibility index (Phi) is 5.77. The van der Waals surface area contributed by atoms with E-state index in [0.29, 0.717) is 17.4 Å². The lowest BCUT2D eigenvalue weighted by atomic mass is 9.73. The highest BCUT2D eigenvalue weighted by molar-refractivity contribution is 5.90. The minimum atomic E-state index is -0.461. The number of benzene rings is 2. The fourth-order valence-corrected chi connectivity index (χ4v) is 5.34. The fraction of sp³-hybridized carbons (Fsp3) is 0.333. The standard InChI is InChI=1S/C27H28N2O4/c1-3-17-16-29-13-11-19(17)14-25(29)26(33-27(31)18-4-6-20(30)7-5-18)22-10-12-28-24-9-8-21(32-2)15-23(22)24/h3-10,12,15,17,19,25-26,30H,1,11,13-14,16H2,2H3/t17-,19?,25-,26+/m0/s1. The molecule has 6 heteroatoms. The highest BCUT2D eigenvalue weighted by atomic mass is 16.5. The van der Waals surface area contributed by atoms with E-state index in [1.165, 1.54) is 12.1 Å². The number of hydrogen-bond donors (Lipinski definition) is 1. The quantitative estimate of drug-likeness (QED) is 0.437. The van der Waals surface area contributed by atoms with E-state index < -0.39 is 12.1 Å². The van der Waals surface area contributed by atoms with Gasteiger partial charge in [0.05, 0.1) is 24.2 Å². The van der Waals surface area contributed by atoms with Crippen molar-refractivity contribution in [2.24, 2.45) is 11.8 Å². The Hall–Kier alpha value is -3.38. The van der Waals surface area contributed by atoms with Gasteiger partial charge in [0.2, 0.25) is 0 Å². The number of hydrogen-bond acceptors (Lipinski definition) is 6. The predicted octanol–water partition coefficient (Wildman–Crippen LogP) is 4.74. The van der Waals surface area contributed by atoms with Gasteiger partial charge in [-0.2, -0.15) is 0 Å². The van der Waals surface area contributed by atoms with E-state index in [0.717, 1.165) is 48.1 Å². The Morgan fingerprint density at radius 3 is 2.76 bits per heavy atom. The molecule has 170 valence electrons. The lowest BCUT2D eigenvalue weighted by molar-refractivity contribution is -0.0568. The molecule has 1 aromatic heterocycles. The zero-order valence-corrected chi connectivity index (χ0v) is 18.7. The molecule has 33 heavy (non-hydrogen) atoms. The van der Waals surface area contributed by atoms with Crippen molar-refractivity contribution in [1.82, 2.24) is 9.88 Å². The molecule has 2 unspecified atom stereocenters. The Morgan fingerprint density at radius 1 is 1.24 bits per heavy atom. The van der Waals surface area contributed by atoms with Gasteiger partial charge < -0.3 is 14.6 Å². The van der Waals surface area contributed by atoms with Crippen LogP contribution in [0.4, 0.5) is 0 Å². The number of pyridine rings is 1. The van der Waals surface area contributed by atoms with Crippen molar-refractivity contribution in [2.45, 2.75) is 25.0 Å². The number of carbonyl (C=O) groups is 1. The first kappa shape index (κ1) is 21.5. The smallest absolute Gasteiger partial charge is 0.338 e. The number of phenols is 1. The normalized spacial score (nSPS) is 24.9. The zero-order valence-electron chi connectivity index (χ0n) is 18.7. The molecule has 4 heterocycles. The molecule has 3 aromatic rings. The van der Waals surface area contributed by atoms with Crippen molar-refractivity contribution in [3.63, 3.8) is 0 Å². The summed E-state index contributed by atoms with van der Waals surface area (Å²) in [6, 6.07) is 14.0. The van der Waals surface area contributed by atoms with Crippen LogP contribution in [0, 0.1) is 11.8 Å². The molecule has 0 amide bonds. The second kappa shape index (κ2) is 8.87. The molecule has 0 aliphatic carbocycles. The summed E-state index contributed by atoms with van der Waals surface area (Å²) in [7, 11) is 1.64. The molecule has 0 saturated carbocycles. The third-order valence-electron chi connectivity index (χ3n) is 7.13. The Morgan fingerprint density at radius 2 is 2.06 bits per heavy atom. The van der Waals surface area contributed by atoms with Crippen LogP contribution in [-0.4, -0.2) is 47.2 Å². The van der Waals surface area contributed by atoms with Crippen molar-refractivity contribution in [3.8, 4) is 11.5 Å². The molecule has 1 N–H and O–H groups in total. The minimum Gasteiger partial charge on any atom is -0.508 e. The van der Waals surface area contributed by atoms with Crippen LogP contribution in [0.5, 0.6) is 11.5 Å². The molecule has 3 fully saturated rings. The first-order valence-corrected chi connectivity index (χ1v) is 11.4. The molecule has 6 rings (SSSR count). The lowest BCUT2D eigenvalue weighted by Crippen LogP contribution is -2.55. The number of aromatic nitrogens is 1. The van der Waals surface area contributed by atoms with Crippen LogP contribution in [-0.2, 0) is 4.74 Å². The highest BCUT2D eigenvalue weighted by Gasteiger charge is 2.44. The van der Waals surface area contributed by atoms with Crippen molar-refractivity contribution < 1.29 is 19.4 Å². The van der Waals surface area contributed by atoms with Crippen LogP contribution in [0.3, 0.4) is 0 Å². The zero-order chi connectivity index (χ0) is 22.9. The number of carbonyl (C=O) groups excluding carboxylic acids is 1. The molecule has 6 nitrogen and oxygen atoms in total. The Bertz CT molecular complexity index is 1180. The molecule has 2 bridgehead atoms. The molecule has 5 atom stereocenters. The molecule has 3 aliphatic heterocycles. The molecular weight excluding hydrogens is 416 g/mol. The number of ether oxygens (including phenoxy) is 2. The van der Waals surface area contributed by atoms with E-state index in [1.807, 2.05) is 24.3 Å². The van der Waals surface area contributed by atoms with E-state index >= 15 is 0 Å². The molecule has 0 spiro atoms. The van der Waals surface area contributed by atoms with Gasteiger partial charge in [0.1, 0.15) is 17.6 Å². The maximum Gasteiger partial charge on any atom is 0.338 e. The number of aromatic hydroxyl groups is 1. The summed E-state index contributed by atoms with van der Waals surface area (Å²) in [6.07, 6.45) is 5.46. The van der Waals surface area contributed by atoms with Gasteiger partial charge in [-0.05, 0) is 79.8 Å². The average Bonchev–Trinajstić information content (AvgIpc) is 2.87. The summed E-state index contributed by atoms with van der Waals surface area (Å²) in [5.74, 6) is 1.45. The van der Waals surface area contributed by atoms with Gasteiger partial charge in [-0.3, -0.25) is 9.88 Å². The molecule has 3 aliphatic rings. The van der Waals surface area contributed by atoms with Gasteiger partial charge in [-0.1, -0.05) is 6.08 Å². The lowest BCUT2D eigenvalue weighted by Gasteiger charge is -2.51. The third kappa shape index (κ3) is 4.07. The van der Waals surface area contributed by atoms with Crippen LogP contribution < -0.4 is 4.74 Å². The molecule has 0 radical (unpaired) electrons. The van der Waals surface area contributed by atoms with E-state index in [9.17, 15) is 9.90 Å². The summed E-state index contributed by atoms with van der Waals surface area (Å²) in [4.78, 5) is 20.1. The van der Waals surface area contributed by atoms with Gasteiger partial charge in [0.15, 0.2) is 0 Å². The number of piperidine rings is 3. The van der Waals surface area contributed by atoms with Gasteiger partial charge in [0.25, 0.3) is 0 Å². The van der Waals surface area contributed by atoms with Crippen molar-refractivity contribution >= 4 is 16.9 Å². The van der Waals surface area contributed by atoms with Crippen LogP contribution >= 0.6 is 0 Å². The first-order valence-electron chi connectivity index (χ1n) is 11.4. The van der Waals surface area contributed by atoms with Gasteiger partial charge >= 0.3 is 5.97 Å².